The molecule has 0 saturated heterocycles. The zero-order valence-corrected chi connectivity index (χ0v) is 7.70. The number of carbonyl (C=O) groups is 1. The Bertz CT molecular complexity index is 323. The van der Waals surface area contributed by atoms with Crippen LogP contribution in [0.3, 0.4) is 0 Å². The van der Waals surface area contributed by atoms with Crippen molar-refractivity contribution in [3.05, 3.63) is 23.5 Å². The van der Waals surface area contributed by atoms with E-state index in [9.17, 15) is 4.79 Å². The van der Waals surface area contributed by atoms with Gasteiger partial charge in [0.25, 0.3) is 0 Å². The van der Waals surface area contributed by atoms with Gasteiger partial charge in [0.1, 0.15) is 0 Å². The molecule has 13 heavy (non-hydrogen) atoms. The lowest BCUT2D eigenvalue weighted by molar-refractivity contribution is -0.139. The molecule has 0 aliphatic carbocycles. The Hall–Kier alpha value is -1.58. The number of rotatable bonds is 2. The Balaban J connectivity index is 2.89. The Labute approximate surface area is 76.7 Å². The molecule has 0 unspecified atom stereocenters. The Morgan fingerprint density at radius 2 is 2.31 bits per heavy atom. The second-order valence-corrected chi connectivity index (χ2v) is 2.78. The van der Waals surface area contributed by atoms with E-state index >= 15 is 0 Å². The van der Waals surface area contributed by atoms with Crippen molar-refractivity contribution in [2.24, 2.45) is 0 Å². The second kappa shape index (κ2) is 3.89. The second-order valence-electron chi connectivity index (χ2n) is 2.78. The molecule has 0 aromatic carbocycles. The molecule has 0 aliphatic heterocycles. The van der Waals surface area contributed by atoms with Crippen molar-refractivity contribution >= 4 is 11.7 Å². The van der Waals surface area contributed by atoms with Crippen molar-refractivity contribution in [1.29, 1.82) is 0 Å². The standard InChI is InChI=1S/C9H12N2O2/c1-6-4-11-5-7(9(6)10)3-8(12)13-2/h4-5H,3H2,1-2H3,(H2,10,11). The van der Waals surface area contributed by atoms with Crippen LogP contribution in [-0.2, 0) is 16.0 Å². The number of nitrogens with zero attached hydrogens (tertiary/aromatic N) is 1. The highest BCUT2D eigenvalue weighted by Gasteiger charge is 2.07. The molecule has 2 N–H and O–H groups in total. The predicted octanol–water partition coefficient (Wildman–Crippen LogP) is 0.688. The highest BCUT2D eigenvalue weighted by molar-refractivity contribution is 5.74. The number of ether oxygens (including phenoxy) is 1. The van der Waals surface area contributed by atoms with E-state index in [-0.39, 0.29) is 12.4 Å². The van der Waals surface area contributed by atoms with Gasteiger partial charge in [0.2, 0.25) is 0 Å². The Morgan fingerprint density at radius 3 is 2.92 bits per heavy atom. The quantitative estimate of drug-likeness (QED) is 0.680. The van der Waals surface area contributed by atoms with Gasteiger partial charge in [-0.05, 0) is 12.5 Å². The minimum absolute atomic E-state index is 0.178. The largest absolute Gasteiger partial charge is 0.469 e. The smallest absolute Gasteiger partial charge is 0.310 e. The lowest BCUT2D eigenvalue weighted by atomic mass is 10.1. The maximum atomic E-state index is 10.9. The van der Waals surface area contributed by atoms with Crippen molar-refractivity contribution in [2.45, 2.75) is 13.3 Å². The van der Waals surface area contributed by atoms with E-state index in [1.54, 1.807) is 12.4 Å². The van der Waals surface area contributed by atoms with Gasteiger partial charge >= 0.3 is 5.97 Å². The van der Waals surface area contributed by atoms with Crippen molar-refractivity contribution < 1.29 is 9.53 Å². The Kier molecular flexibility index (Phi) is 2.84. The molecule has 0 bridgehead atoms. The highest BCUT2D eigenvalue weighted by Crippen LogP contribution is 2.15. The summed E-state index contributed by atoms with van der Waals surface area (Å²) in [6.45, 7) is 1.85. The molecule has 1 heterocycles. The number of nitrogens with two attached hydrogens (primary N) is 1. The van der Waals surface area contributed by atoms with Crippen LogP contribution in [0.4, 0.5) is 5.69 Å². The van der Waals surface area contributed by atoms with Gasteiger partial charge in [-0.1, -0.05) is 0 Å². The van der Waals surface area contributed by atoms with Gasteiger partial charge in [0, 0.05) is 23.6 Å². The van der Waals surface area contributed by atoms with E-state index in [1.807, 2.05) is 6.92 Å². The summed E-state index contributed by atoms with van der Waals surface area (Å²) in [5.41, 5.74) is 7.94. The molecule has 0 aliphatic rings. The highest BCUT2D eigenvalue weighted by atomic mass is 16.5. The summed E-state index contributed by atoms with van der Waals surface area (Å²) in [7, 11) is 1.35. The van der Waals surface area contributed by atoms with E-state index in [2.05, 4.69) is 9.72 Å². The summed E-state index contributed by atoms with van der Waals surface area (Å²) in [6.07, 6.45) is 3.42. The number of anilines is 1. The third kappa shape index (κ3) is 2.18. The van der Waals surface area contributed by atoms with Gasteiger partial charge in [-0.25, -0.2) is 0 Å². The lowest BCUT2D eigenvalue weighted by Crippen LogP contribution is -2.08. The molecule has 0 saturated carbocycles. The Morgan fingerprint density at radius 1 is 1.62 bits per heavy atom. The fraction of sp³-hybridized carbons (Fsp3) is 0.333. The van der Waals surface area contributed by atoms with Crippen molar-refractivity contribution in [1.82, 2.24) is 4.98 Å². The normalized spacial score (nSPS) is 9.69. The summed E-state index contributed by atoms with van der Waals surface area (Å²) in [6, 6.07) is 0. The summed E-state index contributed by atoms with van der Waals surface area (Å²) >= 11 is 0. The summed E-state index contributed by atoms with van der Waals surface area (Å²) in [4.78, 5) is 14.9. The summed E-state index contributed by atoms with van der Waals surface area (Å²) < 4.78 is 4.53. The van der Waals surface area contributed by atoms with Crippen LogP contribution >= 0.6 is 0 Å². The molecule has 0 atom stereocenters. The van der Waals surface area contributed by atoms with Gasteiger partial charge in [-0.15, -0.1) is 0 Å². The van der Waals surface area contributed by atoms with Gasteiger partial charge < -0.3 is 10.5 Å². The van der Waals surface area contributed by atoms with E-state index in [4.69, 9.17) is 5.73 Å². The average molecular weight is 180 g/mol. The van der Waals surface area contributed by atoms with Crippen LogP contribution in [0.15, 0.2) is 12.4 Å². The molecular formula is C9H12N2O2. The van der Waals surface area contributed by atoms with Crippen LogP contribution in [0.25, 0.3) is 0 Å². The minimum Gasteiger partial charge on any atom is -0.469 e. The fourth-order valence-corrected chi connectivity index (χ4v) is 1.000. The molecule has 0 amide bonds. The van der Waals surface area contributed by atoms with Gasteiger partial charge in [-0.2, -0.15) is 0 Å². The molecule has 1 aromatic rings. The van der Waals surface area contributed by atoms with Crippen LogP contribution in [0.1, 0.15) is 11.1 Å². The first-order valence-corrected chi connectivity index (χ1v) is 3.91. The number of pyridine rings is 1. The first kappa shape index (κ1) is 9.51. The van der Waals surface area contributed by atoms with E-state index in [1.165, 1.54) is 7.11 Å². The third-order valence-electron chi connectivity index (χ3n) is 1.83. The van der Waals surface area contributed by atoms with E-state index in [0.29, 0.717) is 11.3 Å². The number of aryl methyl sites for hydroxylation is 1. The summed E-state index contributed by atoms with van der Waals surface area (Å²) in [5.74, 6) is -0.306. The van der Waals surface area contributed by atoms with Crippen LogP contribution in [0.2, 0.25) is 0 Å². The molecule has 70 valence electrons. The molecule has 1 rings (SSSR count). The molecule has 0 spiro atoms. The number of hydrogen-bond donors (Lipinski definition) is 1. The fourth-order valence-electron chi connectivity index (χ4n) is 1.000. The molecular weight excluding hydrogens is 168 g/mol. The number of methoxy groups -OCH3 is 1. The number of esters is 1. The van der Waals surface area contributed by atoms with Crippen molar-refractivity contribution in [3.8, 4) is 0 Å². The van der Waals surface area contributed by atoms with Crippen LogP contribution in [-0.4, -0.2) is 18.1 Å². The van der Waals surface area contributed by atoms with Crippen LogP contribution in [0, 0.1) is 6.92 Å². The first-order chi connectivity index (χ1) is 6.15. The predicted molar refractivity (Wildman–Crippen MR) is 49.1 cm³/mol. The maximum absolute atomic E-state index is 10.9. The molecule has 0 radical (unpaired) electrons. The van der Waals surface area contributed by atoms with Gasteiger partial charge in [-0.3, -0.25) is 9.78 Å². The van der Waals surface area contributed by atoms with Crippen LogP contribution in [0.5, 0.6) is 0 Å². The summed E-state index contributed by atoms with van der Waals surface area (Å²) in [5, 5.41) is 0. The number of nitrogen functional groups attached to an aromatic ring is 1. The maximum Gasteiger partial charge on any atom is 0.310 e. The van der Waals surface area contributed by atoms with E-state index < -0.39 is 0 Å². The van der Waals surface area contributed by atoms with Gasteiger partial charge in [0.05, 0.1) is 13.5 Å². The number of carbonyl (C=O) groups excluding carboxylic acids is 1. The zero-order chi connectivity index (χ0) is 9.84. The number of aromatic nitrogens is 1. The van der Waals surface area contributed by atoms with E-state index in [0.717, 1.165) is 5.56 Å². The first-order valence-electron chi connectivity index (χ1n) is 3.91. The van der Waals surface area contributed by atoms with Crippen LogP contribution < -0.4 is 5.73 Å². The number of hydrogen-bond acceptors (Lipinski definition) is 4. The van der Waals surface area contributed by atoms with Crippen molar-refractivity contribution in [3.63, 3.8) is 0 Å². The molecule has 0 fully saturated rings. The molecule has 1 aromatic heterocycles. The molecule has 4 heteroatoms. The average Bonchev–Trinajstić information content (AvgIpc) is 2.13. The zero-order valence-electron chi connectivity index (χ0n) is 7.70. The SMILES string of the molecule is COC(=O)Cc1cncc(C)c1N. The van der Waals surface area contributed by atoms with Crippen molar-refractivity contribution in [2.75, 3.05) is 12.8 Å². The lowest BCUT2D eigenvalue weighted by Gasteiger charge is -2.05. The van der Waals surface area contributed by atoms with Gasteiger partial charge in [0.15, 0.2) is 0 Å². The third-order valence-corrected chi connectivity index (χ3v) is 1.83. The molecule has 4 nitrogen and oxygen atoms in total. The monoisotopic (exact) mass is 180 g/mol. The topological polar surface area (TPSA) is 65.2 Å². The minimum atomic E-state index is -0.306.